The number of hydrogen-bond donors (Lipinski definition) is 2. The third-order valence-corrected chi connectivity index (χ3v) is 3.01. The SMILES string of the molecule is CC(C)c1ncc(N)c(C(=O)N2CCC(O)C2)n1. The first-order chi connectivity index (χ1) is 8.49. The van der Waals surface area contributed by atoms with Crippen LogP contribution in [0.15, 0.2) is 6.20 Å². The summed E-state index contributed by atoms with van der Waals surface area (Å²) in [6, 6.07) is 0. The number of nitrogen functional groups attached to an aromatic ring is 1. The minimum Gasteiger partial charge on any atom is -0.396 e. The number of carbonyl (C=O) groups is 1. The van der Waals surface area contributed by atoms with Crippen LogP contribution < -0.4 is 5.73 Å². The average molecular weight is 250 g/mol. The van der Waals surface area contributed by atoms with Gasteiger partial charge in [0, 0.05) is 19.0 Å². The number of carbonyl (C=O) groups excluding carboxylic acids is 1. The summed E-state index contributed by atoms with van der Waals surface area (Å²) in [5.41, 5.74) is 6.28. The van der Waals surface area contributed by atoms with Crippen molar-refractivity contribution in [1.29, 1.82) is 0 Å². The smallest absolute Gasteiger partial charge is 0.274 e. The Kier molecular flexibility index (Phi) is 3.47. The van der Waals surface area contributed by atoms with E-state index in [2.05, 4.69) is 9.97 Å². The first-order valence-electron chi connectivity index (χ1n) is 6.08. The van der Waals surface area contributed by atoms with Crippen LogP contribution in [0.3, 0.4) is 0 Å². The minimum absolute atomic E-state index is 0.140. The molecule has 1 aliphatic rings. The number of rotatable bonds is 2. The fourth-order valence-electron chi connectivity index (χ4n) is 1.93. The van der Waals surface area contributed by atoms with E-state index in [0.29, 0.717) is 25.3 Å². The number of aliphatic hydroxyl groups excluding tert-OH is 1. The van der Waals surface area contributed by atoms with Crippen LogP contribution in [0.1, 0.15) is 42.5 Å². The number of likely N-dealkylation sites (tertiary alicyclic amines) is 1. The van der Waals surface area contributed by atoms with Crippen molar-refractivity contribution in [1.82, 2.24) is 14.9 Å². The fourth-order valence-corrected chi connectivity index (χ4v) is 1.93. The van der Waals surface area contributed by atoms with Crippen molar-refractivity contribution in [2.45, 2.75) is 32.3 Å². The van der Waals surface area contributed by atoms with Gasteiger partial charge in [-0.25, -0.2) is 9.97 Å². The van der Waals surface area contributed by atoms with Gasteiger partial charge >= 0.3 is 0 Å². The van der Waals surface area contributed by atoms with Crippen molar-refractivity contribution in [3.63, 3.8) is 0 Å². The highest BCUT2D eigenvalue weighted by Gasteiger charge is 2.27. The Labute approximate surface area is 106 Å². The van der Waals surface area contributed by atoms with Crippen molar-refractivity contribution in [2.24, 2.45) is 0 Å². The van der Waals surface area contributed by atoms with Gasteiger partial charge in [-0.1, -0.05) is 13.8 Å². The first kappa shape index (κ1) is 12.8. The van der Waals surface area contributed by atoms with Crippen LogP contribution >= 0.6 is 0 Å². The molecule has 1 amide bonds. The van der Waals surface area contributed by atoms with Crippen molar-refractivity contribution in [3.05, 3.63) is 17.7 Å². The lowest BCUT2D eigenvalue weighted by molar-refractivity contribution is 0.0760. The largest absolute Gasteiger partial charge is 0.396 e. The van der Waals surface area contributed by atoms with Gasteiger partial charge in [0.1, 0.15) is 5.82 Å². The molecule has 1 fully saturated rings. The van der Waals surface area contributed by atoms with E-state index in [9.17, 15) is 9.90 Å². The van der Waals surface area contributed by atoms with E-state index >= 15 is 0 Å². The summed E-state index contributed by atoms with van der Waals surface area (Å²) in [6.07, 6.45) is 1.64. The number of anilines is 1. The molecule has 1 aromatic heterocycles. The molecular formula is C12H18N4O2. The van der Waals surface area contributed by atoms with Crippen LogP contribution in [-0.4, -0.2) is 45.1 Å². The predicted molar refractivity (Wildman–Crippen MR) is 67.1 cm³/mol. The van der Waals surface area contributed by atoms with E-state index in [1.165, 1.54) is 6.20 Å². The molecule has 18 heavy (non-hydrogen) atoms. The summed E-state index contributed by atoms with van der Waals surface area (Å²) < 4.78 is 0. The van der Waals surface area contributed by atoms with E-state index in [0.717, 1.165) is 0 Å². The van der Waals surface area contributed by atoms with Gasteiger partial charge in [-0.15, -0.1) is 0 Å². The van der Waals surface area contributed by atoms with Crippen LogP contribution in [0.5, 0.6) is 0 Å². The van der Waals surface area contributed by atoms with Crippen LogP contribution in [-0.2, 0) is 0 Å². The third kappa shape index (κ3) is 2.43. The molecule has 0 saturated carbocycles. The summed E-state index contributed by atoms with van der Waals surface area (Å²) >= 11 is 0. The molecule has 6 heteroatoms. The maximum Gasteiger partial charge on any atom is 0.274 e. The van der Waals surface area contributed by atoms with Gasteiger partial charge in [-0.05, 0) is 6.42 Å². The Morgan fingerprint density at radius 1 is 1.61 bits per heavy atom. The lowest BCUT2D eigenvalue weighted by Gasteiger charge is -2.16. The Balaban J connectivity index is 2.26. The highest BCUT2D eigenvalue weighted by molar-refractivity contribution is 5.97. The molecule has 1 aromatic rings. The Morgan fingerprint density at radius 3 is 2.89 bits per heavy atom. The fraction of sp³-hybridized carbons (Fsp3) is 0.583. The lowest BCUT2D eigenvalue weighted by atomic mass is 10.2. The molecule has 6 nitrogen and oxygen atoms in total. The van der Waals surface area contributed by atoms with Gasteiger partial charge in [0.2, 0.25) is 0 Å². The molecule has 0 aliphatic carbocycles. The summed E-state index contributed by atoms with van der Waals surface area (Å²) in [6.45, 7) is 4.80. The van der Waals surface area contributed by atoms with Crippen LogP contribution in [0, 0.1) is 0 Å². The second kappa shape index (κ2) is 4.89. The second-order valence-corrected chi connectivity index (χ2v) is 4.88. The summed E-state index contributed by atoms with van der Waals surface area (Å²) in [7, 11) is 0. The molecule has 0 aromatic carbocycles. The number of nitrogens with two attached hydrogens (primary N) is 1. The van der Waals surface area contributed by atoms with Crippen LogP contribution in [0.2, 0.25) is 0 Å². The van der Waals surface area contributed by atoms with E-state index in [1.807, 2.05) is 13.8 Å². The molecule has 98 valence electrons. The predicted octanol–water partition coefficient (Wildman–Crippen LogP) is 0.389. The Hall–Kier alpha value is -1.69. The van der Waals surface area contributed by atoms with Crippen molar-refractivity contribution < 1.29 is 9.90 Å². The normalized spacial score (nSPS) is 19.6. The molecule has 2 rings (SSSR count). The number of aliphatic hydroxyl groups is 1. The van der Waals surface area contributed by atoms with Crippen molar-refractivity contribution in [3.8, 4) is 0 Å². The number of amides is 1. The number of β-amino-alcohol motifs (C(OH)–C–C–N with tert-alkyl or cyclic N) is 1. The summed E-state index contributed by atoms with van der Waals surface area (Å²) in [4.78, 5) is 22.1. The van der Waals surface area contributed by atoms with Gasteiger partial charge in [0.15, 0.2) is 5.69 Å². The lowest BCUT2D eigenvalue weighted by Crippen LogP contribution is -2.31. The molecule has 3 N–H and O–H groups in total. The van der Waals surface area contributed by atoms with E-state index in [-0.39, 0.29) is 23.2 Å². The topological polar surface area (TPSA) is 92.3 Å². The van der Waals surface area contributed by atoms with E-state index in [4.69, 9.17) is 5.73 Å². The van der Waals surface area contributed by atoms with Gasteiger partial charge in [0.25, 0.3) is 5.91 Å². The van der Waals surface area contributed by atoms with Crippen LogP contribution in [0.4, 0.5) is 5.69 Å². The molecule has 1 atom stereocenters. The summed E-state index contributed by atoms with van der Waals surface area (Å²) in [5, 5.41) is 9.45. The molecule has 0 spiro atoms. The third-order valence-electron chi connectivity index (χ3n) is 3.01. The highest BCUT2D eigenvalue weighted by Crippen LogP contribution is 2.18. The standard InChI is InChI=1S/C12H18N4O2/c1-7(2)11-14-5-9(13)10(15-11)12(18)16-4-3-8(17)6-16/h5,7-8,17H,3-4,6,13H2,1-2H3. The minimum atomic E-state index is -0.443. The molecule has 1 saturated heterocycles. The summed E-state index contributed by atoms with van der Waals surface area (Å²) in [5.74, 6) is 0.516. The number of hydrogen-bond acceptors (Lipinski definition) is 5. The molecular weight excluding hydrogens is 232 g/mol. The zero-order chi connectivity index (χ0) is 13.3. The van der Waals surface area contributed by atoms with Crippen LogP contribution in [0.25, 0.3) is 0 Å². The quantitative estimate of drug-likeness (QED) is 0.792. The Bertz CT molecular complexity index is 461. The molecule has 1 unspecified atom stereocenters. The van der Waals surface area contributed by atoms with Crippen molar-refractivity contribution in [2.75, 3.05) is 18.8 Å². The van der Waals surface area contributed by atoms with Gasteiger partial charge in [-0.2, -0.15) is 0 Å². The molecule has 0 radical (unpaired) electrons. The first-order valence-corrected chi connectivity index (χ1v) is 6.08. The zero-order valence-corrected chi connectivity index (χ0v) is 10.6. The highest BCUT2D eigenvalue weighted by atomic mass is 16.3. The van der Waals surface area contributed by atoms with E-state index in [1.54, 1.807) is 4.90 Å². The average Bonchev–Trinajstić information content (AvgIpc) is 2.75. The maximum absolute atomic E-state index is 12.2. The number of aromatic nitrogens is 2. The number of nitrogens with zero attached hydrogens (tertiary/aromatic N) is 3. The maximum atomic E-state index is 12.2. The van der Waals surface area contributed by atoms with Crippen molar-refractivity contribution >= 4 is 11.6 Å². The molecule has 1 aliphatic heterocycles. The zero-order valence-electron chi connectivity index (χ0n) is 10.6. The molecule has 2 heterocycles. The monoisotopic (exact) mass is 250 g/mol. The Morgan fingerprint density at radius 2 is 2.33 bits per heavy atom. The van der Waals surface area contributed by atoms with Gasteiger partial charge < -0.3 is 15.7 Å². The second-order valence-electron chi connectivity index (χ2n) is 4.88. The van der Waals surface area contributed by atoms with Gasteiger partial charge in [-0.3, -0.25) is 4.79 Å². The molecule has 0 bridgehead atoms. The van der Waals surface area contributed by atoms with Gasteiger partial charge in [0.05, 0.1) is 18.0 Å². The van der Waals surface area contributed by atoms with E-state index < -0.39 is 6.10 Å².